The summed E-state index contributed by atoms with van der Waals surface area (Å²) in [6.45, 7) is 4.25. The largest absolute Gasteiger partial charge is 0.370 e. The lowest BCUT2D eigenvalue weighted by Gasteiger charge is -2.27. The molecule has 1 saturated heterocycles. The topological polar surface area (TPSA) is 30.7 Å². The second-order valence-electron chi connectivity index (χ2n) is 5.90. The Morgan fingerprint density at radius 2 is 1.70 bits per heavy atom. The Hall–Kier alpha value is -1.68. The number of benzene rings is 2. The quantitative estimate of drug-likeness (QED) is 0.852. The Morgan fingerprint density at radius 1 is 1.04 bits per heavy atom. The van der Waals surface area contributed by atoms with Gasteiger partial charge >= 0.3 is 0 Å². The van der Waals surface area contributed by atoms with E-state index in [1.807, 2.05) is 42.5 Å². The van der Waals surface area contributed by atoms with Crippen LogP contribution in [0.5, 0.6) is 0 Å². The van der Waals surface area contributed by atoms with Crippen LogP contribution in [0.4, 0.5) is 0 Å². The summed E-state index contributed by atoms with van der Waals surface area (Å²) in [7, 11) is 0. The summed E-state index contributed by atoms with van der Waals surface area (Å²) >= 11 is 5.94. The number of morpholine rings is 1. The highest BCUT2D eigenvalue weighted by atomic mass is 35.5. The number of rotatable bonds is 5. The molecule has 0 bridgehead atoms. The van der Waals surface area contributed by atoms with Crippen molar-refractivity contribution >= 4 is 17.4 Å². The highest BCUT2D eigenvalue weighted by molar-refractivity contribution is 6.30. The van der Waals surface area contributed by atoms with Crippen LogP contribution < -0.4 is 4.90 Å². The van der Waals surface area contributed by atoms with Crippen molar-refractivity contribution in [3.05, 3.63) is 70.7 Å². The zero-order chi connectivity index (χ0) is 16.1. The van der Waals surface area contributed by atoms with Gasteiger partial charge in [0.1, 0.15) is 13.1 Å². The highest BCUT2D eigenvalue weighted by Crippen LogP contribution is 2.21. The van der Waals surface area contributed by atoms with E-state index >= 15 is 0 Å². The van der Waals surface area contributed by atoms with E-state index in [0.717, 1.165) is 44.0 Å². The minimum absolute atomic E-state index is 0.134. The molecule has 0 amide bonds. The third-order valence-corrected chi connectivity index (χ3v) is 4.59. The average molecular weight is 331 g/mol. The van der Waals surface area contributed by atoms with Crippen LogP contribution in [0.3, 0.4) is 0 Å². The van der Waals surface area contributed by atoms with Crippen LogP contribution in [0.2, 0.25) is 5.02 Å². The minimum Gasteiger partial charge on any atom is -0.370 e. The van der Waals surface area contributed by atoms with E-state index in [1.54, 1.807) is 12.1 Å². The van der Waals surface area contributed by atoms with E-state index in [4.69, 9.17) is 16.3 Å². The molecule has 0 spiro atoms. The molecule has 0 saturated carbocycles. The molecule has 4 heteroatoms. The van der Waals surface area contributed by atoms with Crippen LogP contribution in [-0.4, -0.2) is 38.6 Å². The van der Waals surface area contributed by atoms with Crippen molar-refractivity contribution < 1.29 is 14.4 Å². The van der Waals surface area contributed by atoms with Gasteiger partial charge < -0.3 is 9.64 Å². The van der Waals surface area contributed by atoms with E-state index in [0.29, 0.717) is 5.02 Å². The van der Waals surface area contributed by atoms with Crippen molar-refractivity contribution in [1.29, 1.82) is 0 Å². The molecule has 3 rings (SSSR count). The first-order chi connectivity index (χ1) is 11.2. The molecule has 23 heavy (non-hydrogen) atoms. The molecule has 120 valence electrons. The molecular weight excluding hydrogens is 310 g/mol. The fourth-order valence-corrected chi connectivity index (χ4v) is 3.14. The lowest BCUT2D eigenvalue weighted by Crippen LogP contribution is -3.14. The summed E-state index contributed by atoms with van der Waals surface area (Å²) in [5, 5.41) is 0.650. The Labute approximate surface area is 141 Å². The van der Waals surface area contributed by atoms with Crippen LogP contribution >= 0.6 is 11.6 Å². The number of Topliss-reactive ketones (excluding diaryl/α,β-unsaturated/α-hetero) is 1. The summed E-state index contributed by atoms with van der Waals surface area (Å²) in [5.74, 6) is 0.0253. The minimum atomic E-state index is -0.134. The van der Waals surface area contributed by atoms with Gasteiger partial charge in [0.2, 0.25) is 0 Å². The Morgan fingerprint density at radius 3 is 2.35 bits per heavy atom. The summed E-state index contributed by atoms with van der Waals surface area (Å²) in [4.78, 5) is 14.5. The number of hydrogen-bond acceptors (Lipinski definition) is 2. The molecule has 1 atom stereocenters. The van der Waals surface area contributed by atoms with Crippen molar-refractivity contribution in [2.45, 2.75) is 5.92 Å². The lowest BCUT2D eigenvalue weighted by molar-refractivity contribution is -0.908. The molecule has 1 fully saturated rings. The maximum atomic E-state index is 13.0. The molecule has 2 aromatic carbocycles. The van der Waals surface area contributed by atoms with Gasteiger partial charge in [-0.3, -0.25) is 4.79 Å². The monoisotopic (exact) mass is 330 g/mol. The normalized spacial score (nSPS) is 16.9. The number of ketones is 1. The van der Waals surface area contributed by atoms with Crippen LogP contribution in [0.15, 0.2) is 54.6 Å². The Bertz CT molecular complexity index is 636. The first-order valence-electron chi connectivity index (χ1n) is 8.00. The van der Waals surface area contributed by atoms with Gasteiger partial charge in [0, 0.05) is 10.6 Å². The zero-order valence-electron chi connectivity index (χ0n) is 13.0. The summed E-state index contributed by atoms with van der Waals surface area (Å²) in [5.41, 5.74) is 1.79. The first kappa shape index (κ1) is 16.2. The zero-order valence-corrected chi connectivity index (χ0v) is 13.8. The van der Waals surface area contributed by atoms with Gasteiger partial charge in [-0.25, -0.2) is 0 Å². The van der Waals surface area contributed by atoms with Crippen LogP contribution in [0.25, 0.3) is 0 Å². The molecule has 0 radical (unpaired) electrons. The molecule has 0 unspecified atom stereocenters. The van der Waals surface area contributed by atoms with E-state index in [9.17, 15) is 4.79 Å². The molecule has 1 aliphatic heterocycles. The molecule has 1 aliphatic rings. The number of hydrogen-bond donors (Lipinski definition) is 1. The summed E-state index contributed by atoms with van der Waals surface area (Å²) in [6, 6.07) is 17.2. The number of halogens is 1. The van der Waals surface area contributed by atoms with E-state index in [2.05, 4.69) is 0 Å². The maximum absolute atomic E-state index is 13.0. The molecular formula is C19H21ClNO2+. The number of carbonyl (C=O) groups excluding carboxylic acids is 1. The van der Waals surface area contributed by atoms with Crippen molar-refractivity contribution in [3.8, 4) is 0 Å². The third-order valence-electron chi connectivity index (χ3n) is 4.34. The number of carbonyl (C=O) groups is 1. The molecule has 2 aromatic rings. The van der Waals surface area contributed by atoms with Crippen molar-refractivity contribution in [1.82, 2.24) is 0 Å². The Kier molecular flexibility index (Phi) is 5.44. The van der Waals surface area contributed by atoms with Gasteiger partial charge in [-0.2, -0.15) is 0 Å². The van der Waals surface area contributed by atoms with Crippen molar-refractivity contribution in [2.75, 3.05) is 32.8 Å². The summed E-state index contributed by atoms with van der Waals surface area (Å²) < 4.78 is 5.42. The van der Waals surface area contributed by atoms with Gasteiger partial charge in [-0.05, 0) is 29.8 Å². The lowest BCUT2D eigenvalue weighted by atomic mass is 9.90. The van der Waals surface area contributed by atoms with Crippen LogP contribution in [-0.2, 0) is 4.74 Å². The van der Waals surface area contributed by atoms with E-state index in [1.165, 1.54) is 4.90 Å². The number of quaternary nitrogens is 1. The fourth-order valence-electron chi connectivity index (χ4n) is 3.02. The van der Waals surface area contributed by atoms with Crippen molar-refractivity contribution in [3.63, 3.8) is 0 Å². The van der Waals surface area contributed by atoms with Crippen LogP contribution in [0.1, 0.15) is 21.8 Å². The van der Waals surface area contributed by atoms with Gasteiger partial charge in [-0.15, -0.1) is 0 Å². The highest BCUT2D eigenvalue weighted by Gasteiger charge is 2.28. The third kappa shape index (κ3) is 4.20. The average Bonchev–Trinajstić information content (AvgIpc) is 2.61. The second kappa shape index (κ2) is 7.73. The molecule has 1 heterocycles. The van der Waals surface area contributed by atoms with E-state index < -0.39 is 0 Å². The molecule has 1 N–H and O–H groups in total. The predicted molar refractivity (Wildman–Crippen MR) is 91.3 cm³/mol. The fraction of sp³-hybridized carbons (Fsp3) is 0.316. The maximum Gasteiger partial charge on any atom is 0.175 e. The van der Waals surface area contributed by atoms with Gasteiger partial charge in [0.05, 0.1) is 25.7 Å². The number of ether oxygens (including phenoxy) is 1. The van der Waals surface area contributed by atoms with Gasteiger partial charge in [0.15, 0.2) is 5.78 Å². The molecule has 0 aromatic heterocycles. The number of nitrogens with one attached hydrogen (secondary N) is 1. The SMILES string of the molecule is O=C(c1ccc(Cl)cc1)[C@H](C[NH+]1CCOCC1)c1ccccc1. The van der Waals surface area contributed by atoms with E-state index in [-0.39, 0.29) is 11.7 Å². The smallest absolute Gasteiger partial charge is 0.175 e. The van der Waals surface area contributed by atoms with Crippen LogP contribution in [0, 0.1) is 0 Å². The predicted octanol–water partition coefficient (Wildman–Crippen LogP) is 2.22. The van der Waals surface area contributed by atoms with Crippen molar-refractivity contribution in [2.24, 2.45) is 0 Å². The molecule has 0 aliphatic carbocycles. The van der Waals surface area contributed by atoms with Gasteiger partial charge in [-0.1, -0.05) is 41.9 Å². The molecule has 3 nitrogen and oxygen atoms in total. The standard InChI is InChI=1S/C19H20ClNO2/c20-17-8-6-16(7-9-17)19(22)18(15-4-2-1-3-5-15)14-21-10-12-23-13-11-21/h1-9,18H,10-14H2/p+1/t18-/m1/s1. The summed E-state index contributed by atoms with van der Waals surface area (Å²) in [6.07, 6.45) is 0. The second-order valence-corrected chi connectivity index (χ2v) is 6.34. The first-order valence-corrected chi connectivity index (χ1v) is 8.38. The van der Waals surface area contributed by atoms with Gasteiger partial charge in [0.25, 0.3) is 0 Å². The Balaban J connectivity index is 1.84.